The molecule has 0 aromatic rings. The van der Waals surface area contributed by atoms with Crippen molar-refractivity contribution in [1.82, 2.24) is 0 Å². The maximum Gasteiger partial charge on any atom is 0.00428 e. The minimum Gasteiger partial charge on any atom is -0.402 e. The maximum absolute atomic E-state index is 5.78. The van der Waals surface area contributed by atoms with Crippen LogP contribution in [0, 0.1) is 11.8 Å². The molecule has 0 heterocycles. The monoisotopic (exact) mass is 137 g/mol. The molecule has 2 rings (SSSR count). The van der Waals surface area contributed by atoms with Gasteiger partial charge in [0, 0.05) is 5.70 Å². The summed E-state index contributed by atoms with van der Waals surface area (Å²) >= 11 is 0. The maximum atomic E-state index is 5.78. The third-order valence-corrected chi connectivity index (χ3v) is 2.89. The van der Waals surface area contributed by atoms with Crippen LogP contribution in [0.15, 0.2) is 11.8 Å². The molecular weight excluding hydrogens is 122 g/mol. The van der Waals surface area contributed by atoms with Crippen LogP contribution >= 0.6 is 0 Å². The normalized spacial score (nSPS) is 39.0. The van der Waals surface area contributed by atoms with Crippen LogP contribution in [0.2, 0.25) is 0 Å². The first-order valence-electron chi connectivity index (χ1n) is 4.29. The topological polar surface area (TPSA) is 26.0 Å². The summed E-state index contributed by atoms with van der Waals surface area (Å²) in [5.74, 6) is 1.91. The van der Waals surface area contributed by atoms with Gasteiger partial charge in [-0.05, 0) is 43.9 Å². The van der Waals surface area contributed by atoms with E-state index in [0.717, 1.165) is 17.5 Å². The number of nitrogens with two attached hydrogens (primary N) is 1. The first-order chi connectivity index (χ1) is 4.84. The summed E-state index contributed by atoms with van der Waals surface area (Å²) in [6.45, 7) is 0. The van der Waals surface area contributed by atoms with Crippen LogP contribution in [0.4, 0.5) is 0 Å². The molecule has 2 aliphatic rings. The number of allylic oxidation sites excluding steroid dienone is 2. The Morgan fingerprint density at radius 3 is 3.00 bits per heavy atom. The van der Waals surface area contributed by atoms with Gasteiger partial charge in [0.25, 0.3) is 0 Å². The molecule has 2 aliphatic carbocycles. The Balaban J connectivity index is 2.11. The molecule has 10 heavy (non-hydrogen) atoms. The SMILES string of the molecule is NC1=CCC2CCC(C1)C2. The summed E-state index contributed by atoms with van der Waals surface area (Å²) in [6.07, 6.45) is 8.99. The van der Waals surface area contributed by atoms with Gasteiger partial charge < -0.3 is 5.73 Å². The van der Waals surface area contributed by atoms with Crippen molar-refractivity contribution in [2.45, 2.75) is 32.1 Å². The van der Waals surface area contributed by atoms with Crippen molar-refractivity contribution >= 4 is 0 Å². The minimum absolute atomic E-state index is 0.934. The van der Waals surface area contributed by atoms with E-state index in [1.54, 1.807) is 0 Å². The molecule has 0 spiro atoms. The molecule has 1 heteroatoms. The standard InChI is InChI=1S/C9H15N/c10-9-4-3-7-1-2-8(5-7)6-9/h4,7-8H,1-3,5-6,10H2. The average molecular weight is 137 g/mol. The zero-order valence-electron chi connectivity index (χ0n) is 6.34. The largest absolute Gasteiger partial charge is 0.402 e. The second-order valence-corrected chi connectivity index (χ2v) is 3.76. The lowest BCUT2D eigenvalue weighted by Crippen LogP contribution is -2.02. The fourth-order valence-corrected chi connectivity index (χ4v) is 2.31. The van der Waals surface area contributed by atoms with E-state index in [2.05, 4.69) is 6.08 Å². The molecule has 0 aromatic heterocycles. The van der Waals surface area contributed by atoms with Gasteiger partial charge in [0.1, 0.15) is 0 Å². The van der Waals surface area contributed by atoms with Crippen molar-refractivity contribution in [3.05, 3.63) is 11.8 Å². The van der Waals surface area contributed by atoms with Gasteiger partial charge in [0.05, 0.1) is 0 Å². The highest BCUT2D eigenvalue weighted by molar-refractivity contribution is 5.03. The summed E-state index contributed by atoms with van der Waals surface area (Å²) in [7, 11) is 0. The Hall–Kier alpha value is -0.460. The summed E-state index contributed by atoms with van der Waals surface area (Å²) in [5.41, 5.74) is 6.93. The lowest BCUT2D eigenvalue weighted by molar-refractivity contribution is 0.508. The fraction of sp³-hybridized carbons (Fsp3) is 0.778. The highest BCUT2D eigenvalue weighted by Gasteiger charge is 2.26. The summed E-state index contributed by atoms with van der Waals surface area (Å²) < 4.78 is 0. The van der Waals surface area contributed by atoms with E-state index in [1.807, 2.05) is 0 Å². The smallest absolute Gasteiger partial charge is 0.00428 e. The van der Waals surface area contributed by atoms with Crippen LogP contribution in [-0.4, -0.2) is 0 Å². The zero-order valence-corrected chi connectivity index (χ0v) is 6.34. The van der Waals surface area contributed by atoms with Crippen molar-refractivity contribution < 1.29 is 0 Å². The van der Waals surface area contributed by atoms with Crippen molar-refractivity contribution in [1.29, 1.82) is 0 Å². The van der Waals surface area contributed by atoms with Crippen molar-refractivity contribution in [3.8, 4) is 0 Å². The highest BCUT2D eigenvalue weighted by atomic mass is 14.6. The number of hydrogen-bond donors (Lipinski definition) is 1. The molecule has 1 saturated carbocycles. The Bertz CT molecular complexity index is 160. The van der Waals surface area contributed by atoms with Crippen molar-refractivity contribution in [2.24, 2.45) is 17.6 Å². The van der Waals surface area contributed by atoms with E-state index >= 15 is 0 Å². The predicted octanol–water partition coefficient (Wildman–Crippen LogP) is 2.04. The molecule has 1 nitrogen and oxygen atoms in total. The predicted molar refractivity (Wildman–Crippen MR) is 42.3 cm³/mol. The number of rotatable bonds is 0. The molecule has 2 atom stereocenters. The third-order valence-electron chi connectivity index (χ3n) is 2.89. The van der Waals surface area contributed by atoms with E-state index < -0.39 is 0 Å². The van der Waals surface area contributed by atoms with Crippen molar-refractivity contribution in [2.75, 3.05) is 0 Å². The fourth-order valence-electron chi connectivity index (χ4n) is 2.31. The number of fused-ring (bicyclic) bond motifs is 2. The average Bonchev–Trinajstić information content (AvgIpc) is 2.22. The second-order valence-electron chi connectivity index (χ2n) is 3.76. The lowest BCUT2D eigenvalue weighted by Gasteiger charge is -2.06. The molecule has 2 unspecified atom stereocenters. The second kappa shape index (κ2) is 2.30. The van der Waals surface area contributed by atoms with Crippen LogP contribution in [-0.2, 0) is 0 Å². The Kier molecular flexibility index (Phi) is 1.44. The van der Waals surface area contributed by atoms with Crippen LogP contribution in [0.25, 0.3) is 0 Å². The number of hydrogen-bond acceptors (Lipinski definition) is 1. The van der Waals surface area contributed by atoms with E-state index in [9.17, 15) is 0 Å². The Morgan fingerprint density at radius 1 is 1.30 bits per heavy atom. The molecule has 0 aliphatic heterocycles. The molecule has 0 amide bonds. The van der Waals surface area contributed by atoms with Gasteiger partial charge in [-0.25, -0.2) is 0 Å². The van der Waals surface area contributed by atoms with E-state index in [1.165, 1.54) is 32.1 Å². The van der Waals surface area contributed by atoms with Gasteiger partial charge in [-0.15, -0.1) is 0 Å². The minimum atomic E-state index is 0.934. The van der Waals surface area contributed by atoms with E-state index in [0.29, 0.717) is 0 Å². The highest BCUT2D eigenvalue weighted by Crippen LogP contribution is 2.38. The Morgan fingerprint density at radius 2 is 2.10 bits per heavy atom. The first-order valence-corrected chi connectivity index (χ1v) is 4.29. The van der Waals surface area contributed by atoms with Gasteiger partial charge in [-0.3, -0.25) is 0 Å². The Labute approximate surface area is 62.3 Å². The van der Waals surface area contributed by atoms with Crippen LogP contribution in [0.1, 0.15) is 32.1 Å². The third kappa shape index (κ3) is 1.05. The van der Waals surface area contributed by atoms with Gasteiger partial charge in [0.15, 0.2) is 0 Å². The van der Waals surface area contributed by atoms with Gasteiger partial charge >= 0.3 is 0 Å². The van der Waals surface area contributed by atoms with Crippen LogP contribution in [0.5, 0.6) is 0 Å². The molecule has 56 valence electrons. The molecule has 0 radical (unpaired) electrons. The molecule has 1 fully saturated rings. The van der Waals surface area contributed by atoms with E-state index in [-0.39, 0.29) is 0 Å². The molecule has 0 aromatic carbocycles. The molecular formula is C9H15N. The quantitative estimate of drug-likeness (QED) is 0.543. The van der Waals surface area contributed by atoms with Crippen LogP contribution in [0.3, 0.4) is 0 Å². The summed E-state index contributed by atoms with van der Waals surface area (Å²) in [4.78, 5) is 0. The van der Waals surface area contributed by atoms with Gasteiger partial charge in [-0.1, -0.05) is 6.08 Å². The zero-order chi connectivity index (χ0) is 6.97. The van der Waals surface area contributed by atoms with Crippen molar-refractivity contribution in [3.63, 3.8) is 0 Å². The molecule has 0 saturated heterocycles. The van der Waals surface area contributed by atoms with Gasteiger partial charge in [0.2, 0.25) is 0 Å². The van der Waals surface area contributed by atoms with Gasteiger partial charge in [-0.2, -0.15) is 0 Å². The lowest BCUT2D eigenvalue weighted by atomic mass is 10.0. The molecule has 2 bridgehead atoms. The summed E-state index contributed by atoms with van der Waals surface area (Å²) in [6, 6.07) is 0. The first kappa shape index (κ1) is 6.26. The molecule has 2 N–H and O–H groups in total. The summed E-state index contributed by atoms with van der Waals surface area (Å²) in [5, 5.41) is 0. The van der Waals surface area contributed by atoms with E-state index in [4.69, 9.17) is 5.73 Å². The van der Waals surface area contributed by atoms with Crippen LogP contribution < -0.4 is 5.73 Å².